The first-order valence-electron chi connectivity index (χ1n) is 7.78. The smallest absolute Gasteiger partial charge is 0.306 e. The highest BCUT2D eigenvalue weighted by atomic mass is 16.5. The molecule has 3 heteroatoms. The highest BCUT2D eigenvalue weighted by molar-refractivity contribution is 5.70. The van der Waals surface area contributed by atoms with Crippen LogP contribution in [0.2, 0.25) is 0 Å². The minimum atomic E-state index is -0.131. The second-order valence-electron chi connectivity index (χ2n) is 5.61. The predicted octanol–water partition coefficient (Wildman–Crippen LogP) is 4.06. The molecule has 116 valence electrons. The van der Waals surface area contributed by atoms with Gasteiger partial charge in [0.05, 0.1) is 13.0 Å². The lowest BCUT2D eigenvalue weighted by Crippen LogP contribution is -2.10. The van der Waals surface area contributed by atoms with Crippen LogP contribution in [0.3, 0.4) is 0 Å². The van der Waals surface area contributed by atoms with Crippen LogP contribution < -0.4 is 0 Å². The average Bonchev–Trinajstić information content (AvgIpc) is 2.52. The van der Waals surface area contributed by atoms with Gasteiger partial charge in [0.1, 0.15) is 0 Å². The number of rotatable bonds is 7. The summed E-state index contributed by atoms with van der Waals surface area (Å²) in [5, 5.41) is 0. The minimum absolute atomic E-state index is 0.131. The van der Waals surface area contributed by atoms with Crippen molar-refractivity contribution < 1.29 is 9.53 Å². The van der Waals surface area contributed by atoms with Crippen LogP contribution in [0, 0.1) is 6.92 Å². The van der Waals surface area contributed by atoms with Crippen LogP contribution in [0.1, 0.15) is 42.6 Å². The Morgan fingerprint density at radius 2 is 1.91 bits per heavy atom. The molecule has 1 heterocycles. The molecule has 0 fully saturated rings. The molecule has 1 aromatic heterocycles. The van der Waals surface area contributed by atoms with Crippen LogP contribution in [0.15, 0.2) is 48.5 Å². The molecule has 0 radical (unpaired) electrons. The maximum atomic E-state index is 11.9. The first kappa shape index (κ1) is 16.2. The first-order chi connectivity index (χ1) is 10.6. The Hall–Kier alpha value is -2.16. The van der Waals surface area contributed by atoms with Crippen molar-refractivity contribution in [3.63, 3.8) is 0 Å². The molecule has 22 heavy (non-hydrogen) atoms. The third-order valence-electron chi connectivity index (χ3n) is 3.63. The van der Waals surface area contributed by atoms with E-state index in [1.807, 2.05) is 62.4 Å². The fourth-order valence-corrected chi connectivity index (χ4v) is 2.39. The molecule has 1 atom stereocenters. The van der Waals surface area contributed by atoms with Crippen molar-refractivity contribution in [2.24, 2.45) is 0 Å². The molecule has 2 rings (SSSR count). The molecule has 3 nitrogen and oxygen atoms in total. The van der Waals surface area contributed by atoms with Gasteiger partial charge in [0, 0.05) is 11.4 Å². The minimum Gasteiger partial charge on any atom is -0.466 e. The number of hydrogen-bond acceptors (Lipinski definition) is 3. The predicted molar refractivity (Wildman–Crippen MR) is 87.7 cm³/mol. The zero-order valence-electron chi connectivity index (χ0n) is 13.3. The van der Waals surface area contributed by atoms with Gasteiger partial charge >= 0.3 is 5.97 Å². The Morgan fingerprint density at radius 1 is 1.14 bits per heavy atom. The van der Waals surface area contributed by atoms with Gasteiger partial charge in [0.15, 0.2) is 0 Å². The van der Waals surface area contributed by atoms with E-state index in [9.17, 15) is 4.79 Å². The van der Waals surface area contributed by atoms with E-state index < -0.39 is 0 Å². The van der Waals surface area contributed by atoms with Crippen LogP contribution in [-0.2, 0) is 16.0 Å². The Balaban J connectivity index is 1.68. The van der Waals surface area contributed by atoms with E-state index >= 15 is 0 Å². The van der Waals surface area contributed by atoms with Crippen molar-refractivity contribution in [2.75, 3.05) is 6.61 Å². The third kappa shape index (κ3) is 5.32. The van der Waals surface area contributed by atoms with Crippen molar-refractivity contribution in [1.29, 1.82) is 0 Å². The number of carbonyl (C=O) groups is 1. The highest BCUT2D eigenvalue weighted by Gasteiger charge is 2.11. The lowest BCUT2D eigenvalue weighted by atomic mass is 9.98. The largest absolute Gasteiger partial charge is 0.466 e. The summed E-state index contributed by atoms with van der Waals surface area (Å²) in [5.41, 5.74) is 3.24. The number of hydrogen-bond donors (Lipinski definition) is 0. The summed E-state index contributed by atoms with van der Waals surface area (Å²) in [6.07, 6.45) is 2.07. The molecule has 1 unspecified atom stereocenters. The number of benzene rings is 1. The number of carbonyl (C=O) groups excluding carboxylic acids is 1. The van der Waals surface area contributed by atoms with Gasteiger partial charge < -0.3 is 4.74 Å². The summed E-state index contributed by atoms with van der Waals surface area (Å²) in [6, 6.07) is 16.0. The molecule has 2 aromatic rings. The zero-order valence-corrected chi connectivity index (χ0v) is 13.3. The molecule has 0 spiro atoms. The number of nitrogens with zero attached hydrogens (tertiary/aromatic N) is 1. The number of aromatic nitrogens is 1. The number of esters is 1. The van der Waals surface area contributed by atoms with Crippen LogP contribution >= 0.6 is 0 Å². The van der Waals surface area contributed by atoms with Gasteiger partial charge in [-0.25, -0.2) is 0 Å². The molecule has 0 aliphatic carbocycles. The van der Waals surface area contributed by atoms with Crippen LogP contribution in [0.4, 0.5) is 0 Å². The van der Waals surface area contributed by atoms with Gasteiger partial charge in [-0.05, 0) is 43.4 Å². The summed E-state index contributed by atoms with van der Waals surface area (Å²) in [6.45, 7) is 4.48. The molecule has 0 aliphatic rings. The SMILES string of the molecule is Cc1cccc(CCCOC(=O)CC(C)c2ccccc2)n1. The molecule has 0 N–H and O–H groups in total. The molecule has 1 aromatic carbocycles. The molecule has 0 amide bonds. The molecule has 0 saturated carbocycles. The van der Waals surface area contributed by atoms with E-state index in [1.165, 1.54) is 5.56 Å². The quantitative estimate of drug-likeness (QED) is 0.571. The summed E-state index contributed by atoms with van der Waals surface area (Å²) in [7, 11) is 0. The second kappa shape index (κ2) is 8.32. The van der Waals surface area contributed by atoms with E-state index in [0.717, 1.165) is 24.2 Å². The Labute approximate surface area is 132 Å². The van der Waals surface area contributed by atoms with Gasteiger partial charge in [-0.3, -0.25) is 9.78 Å². The van der Waals surface area contributed by atoms with E-state index in [1.54, 1.807) is 0 Å². The van der Waals surface area contributed by atoms with E-state index in [4.69, 9.17) is 4.74 Å². The highest BCUT2D eigenvalue weighted by Crippen LogP contribution is 2.18. The van der Waals surface area contributed by atoms with Crippen molar-refractivity contribution >= 4 is 5.97 Å². The standard InChI is InChI=1S/C19H23NO2/c1-15(17-9-4-3-5-10-17)14-19(21)22-13-7-12-18-11-6-8-16(2)20-18/h3-6,8-11,15H,7,12-14H2,1-2H3. The topological polar surface area (TPSA) is 39.2 Å². The first-order valence-corrected chi connectivity index (χ1v) is 7.78. The van der Waals surface area contributed by atoms with Crippen molar-refractivity contribution in [2.45, 2.75) is 39.0 Å². The summed E-state index contributed by atoms with van der Waals surface area (Å²) in [4.78, 5) is 16.3. The van der Waals surface area contributed by atoms with Crippen LogP contribution in [0.5, 0.6) is 0 Å². The monoisotopic (exact) mass is 297 g/mol. The van der Waals surface area contributed by atoms with Gasteiger partial charge in [0.2, 0.25) is 0 Å². The van der Waals surface area contributed by atoms with Crippen molar-refractivity contribution in [3.8, 4) is 0 Å². The maximum absolute atomic E-state index is 11.9. The molecule has 0 aliphatic heterocycles. The lowest BCUT2D eigenvalue weighted by molar-refractivity contribution is -0.144. The van der Waals surface area contributed by atoms with E-state index in [0.29, 0.717) is 13.0 Å². The van der Waals surface area contributed by atoms with Gasteiger partial charge in [-0.2, -0.15) is 0 Å². The number of pyridine rings is 1. The molecular weight excluding hydrogens is 274 g/mol. The number of ether oxygens (including phenoxy) is 1. The van der Waals surface area contributed by atoms with Crippen molar-refractivity contribution in [1.82, 2.24) is 4.98 Å². The van der Waals surface area contributed by atoms with Crippen LogP contribution in [-0.4, -0.2) is 17.6 Å². The third-order valence-corrected chi connectivity index (χ3v) is 3.63. The van der Waals surface area contributed by atoms with Gasteiger partial charge in [0.25, 0.3) is 0 Å². The molecular formula is C19H23NO2. The molecule has 0 bridgehead atoms. The normalized spacial score (nSPS) is 11.9. The second-order valence-corrected chi connectivity index (χ2v) is 5.61. The summed E-state index contributed by atoms with van der Waals surface area (Å²) < 4.78 is 5.32. The summed E-state index contributed by atoms with van der Waals surface area (Å²) in [5.74, 6) is 0.0562. The van der Waals surface area contributed by atoms with Gasteiger partial charge in [-0.15, -0.1) is 0 Å². The lowest BCUT2D eigenvalue weighted by Gasteiger charge is -2.11. The molecule has 0 saturated heterocycles. The zero-order chi connectivity index (χ0) is 15.8. The van der Waals surface area contributed by atoms with Crippen molar-refractivity contribution in [3.05, 3.63) is 65.5 Å². The average molecular weight is 297 g/mol. The van der Waals surface area contributed by atoms with E-state index in [2.05, 4.69) is 4.98 Å². The Kier molecular flexibility index (Phi) is 6.13. The fourth-order valence-electron chi connectivity index (χ4n) is 2.39. The maximum Gasteiger partial charge on any atom is 0.306 e. The number of aryl methyl sites for hydroxylation is 2. The Morgan fingerprint density at radius 3 is 2.64 bits per heavy atom. The van der Waals surface area contributed by atoms with Crippen LogP contribution in [0.25, 0.3) is 0 Å². The van der Waals surface area contributed by atoms with E-state index in [-0.39, 0.29) is 11.9 Å². The Bertz CT molecular complexity index is 595. The van der Waals surface area contributed by atoms with Gasteiger partial charge in [-0.1, -0.05) is 43.3 Å². The fraction of sp³-hybridized carbons (Fsp3) is 0.368. The summed E-state index contributed by atoms with van der Waals surface area (Å²) >= 11 is 0.